The zero-order valence-corrected chi connectivity index (χ0v) is 8.58. The van der Waals surface area contributed by atoms with Crippen molar-refractivity contribution in [2.45, 2.75) is 12.5 Å². The van der Waals surface area contributed by atoms with Crippen molar-refractivity contribution < 1.29 is 24.6 Å². The molecule has 6 heteroatoms. The van der Waals surface area contributed by atoms with Crippen LogP contribution in [0.15, 0.2) is 11.6 Å². The first-order valence-electron chi connectivity index (χ1n) is 4.88. The first kappa shape index (κ1) is 10.7. The smallest absolute Gasteiger partial charge is 0.332 e. The van der Waals surface area contributed by atoms with E-state index in [2.05, 4.69) is 0 Å². The van der Waals surface area contributed by atoms with E-state index in [0.29, 0.717) is 0 Å². The Morgan fingerprint density at radius 3 is 2.56 bits per heavy atom. The molecule has 2 rings (SSSR count). The van der Waals surface area contributed by atoms with E-state index in [0.717, 1.165) is 0 Å². The Kier molecular flexibility index (Phi) is 2.22. The summed E-state index contributed by atoms with van der Waals surface area (Å²) in [6.45, 7) is 0. The number of nitrogens with zero attached hydrogens (tertiary/aromatic N) is 1. The Balaban J connectivity index is 2.47. The highest BCUT2D eigenvalue weighted by atomic mass is 16.4. The Labute approximate surface area is 91.2 Å². The van der Waals surface area contributed by atoms with Crippen LogP contribution in [0.1, 0.15) is 6.42 Å². The van der Waals surface area contributed by atoms with Crippen LogP contribution < -0.4 is 0 Å². The predicted octanol–water partition coefficient (Wildman–Crippen LogP) is -0.441. The first-order chi connectivity index (χ1) is 7.45. The van der Waals surface area contributed by atoms with Gasteiger partial charge in [0.2, 0.25) is 5.91 Å². The molecule has 1 aliphatic heterocycles. The van der Waals surface area contributed by atoms with Crippen LogP contribution in [0, 0.1) is 11.8 Å². The van der Waals surface area contributed by atoms with Crippen molar-refractivity contribution in [2.75, 3.05) is 7.05 Å². The molecular weight excluding hydrogens is 214 g/mol. The molecule has 0 unspecified atom stereocenters. The van der Waals surface area contributed by atoms with Crippen molar-refractivity contribution in [3.8, 4) is 0 Å². The van der Waals surface area contributed by atoms with Crippen LogP contribution in [0.25, 0.3) is 0 Å². The molecule has 1 aliphatic carbocycles. The van der Waals surface area contributed by atoms with Crippen molar-refractivity contribution in [3.63, 3.8) is 0 Å². The summed E-state index contributed by atoms with van der Waals surface area (Å²) in [5.41, 5.74) is -0.0852. The molecule has 1 saturated heterocycles. The second-order valence-electron chi connectivity index (χ2n) is 4.06. The number of carbonyl (C=O) groups is 3. The van der Waals surface area contributed by atoms with E-state index in [1.54, 1.807) is 0 Å². The van der Waals surface area contributed by atoms with Gasteiger partial charge in [0.05, 0.1) is 11.8 Å². The lowest BCUT2D eigenvalue weighted by Gasteiger charge is -2.24. The maximum Gasteiger partial charge on any atom is 0.332 e. The average Bonchev–Trinajstić information content (AvgIpc) is 2.39. The molecule has 2 N–H and O–H groups in total. The largest absolute Gasteiger partial charge is 0.481 e. The number of rotatable bonds is 2. The van der Waals surface area contributed by atoms with Crippen molar-refractivity contribution in [2.24, 2.45) is 11.8 Å². The van der Waals surface area contributed by atoms with Crippen LogP contribution in [-0.2, 0) is 14.4 Å². The Bertz CT molecular complexity index is 413. The van der Waals surface area contributed by atoms with Gasteiger partial charge in [0.1, 0.15) is 0 Å². The molecule has 1 heterocycles. The fourth-order valence-electron chi connectivity index (χ4n) is 2.53. The Hall–Kier alpha value is -1.85. The molecule has 1 fully saturated rings. The molecule has 16 heavy (non-hydrogen) atoms. The van der Waals surface area contributed by atoms with Crippen molar-refractivity contribution in [3.05, 3.63) is 11.6 Å². The summed E-state index contributed by atoms with van der Waals surface area (Å²) in [5, 5.41) is 18.0. The third kappa shape index (κ3) is 1.22. The van der Waals surface area contributed by atoms with Gasteiger partial charge in [-0.15, -0.1) is 0 Å². The van der Waals surface area contributed by atoms with Crippen LogP contribution in [0.5, 0.6) is 0 Å². The minimum atomic E-state index is -1.21. The van der Waals surface area contributed by atoms with Gasteiger partial charge in [-0.2, -0.15) is 0 Å². The molecule has 6 nitrogen and oxygen atoms in total. The minimum absolute atomic E-state index is 0.0852. The highest BCUT2D eigenvalue weighted by Crippen LogP contribution is 2.41. The third-order valence-electron chi connectivity index (χ3n) is 3.33. The zero-order valence-electron chi connectivity index (χ0n) is 8.58. The minimum Gasteiger partial charge on any atom is -0.481 e. The number of carbonyl (C=O) groups excluding carboxylic acids is 1. The SMILES string of the molecule is CN1C(=O)[C@H]2C(C(=O)O)=CC[C@@H]1[C@H]2C(=O)O. The van der Waals surface area contributed by atoms with E-state index in [4.69, 9.17) is 10.2 Å². The Morgan fingerprint density at radius 2 is 2.06 bits per heavy atom. The van der Waals surface area contributed by atoms with Gasteiger partial charge in [0, 0.05) is 18.7 Å². The fraction of sp³-hybridized carbons (Fsp3) is 0.500. The maximum atomic E-state index is 11.8. The van der Waals surface area contributed by atoms with Gasteiger partial charge in [-0.3, -0.25) is 9.59 Å². The molecule has 2 bridgehead atoms. The number of likely N-dealkylation sites (tertiary alicyclic amines) is 1. The second kappa shape index (κ2) is 3.33. The van der Waals surface area contributed by atoms with Crippen molar-refractivity contribution in [1.82, 2.24) is 4.90 Å². The lowest BCUT2D eigenvalue weighted by Crippen LogP contribution is -2.36. The Morgan fingerprint density at radius 1 is 1.44 bits per heavy atom. The number of hydrogen-bond acceptors (Lipinski definition) is 3. The highest BCUT2D eigenvalue weighted by Gasteiger charge is 2.54. The number of hydrogen-bond donors (Lipinski definition) is 2. The lowest BCUT2D eigenvalue weighted by atomic mass is 9.79. The molecular formula is C10H11NO5. The van der Waals surface area contributed by atoms with E-state index in [1.807, 2.05) is 0 Å². The average molecular weight is 225 g/mol. The van der Waals surface area contributed by atoms with E-state index < -0.39 is 35.7 Å². The number of aliphatic carboxylic acids is 2. The van der Waals surface area contributed by atoms with Gasteiger partial charge in [-0.25, -0.2) is 4.79 Å². The van der Waals surface area contributed by atoms with Crippen LogP contribution in [0.3, 0.4) is 0 Å². The summed E-state index contributed by atoms with van der Waals surface area (Å²) in [6.07, 6.45) is 1.75. The zero-order chi connectivity index (χ0) is 12.0. The van der Waals surface area contributed by atoms with E-state index in [-0.39, 0.29) is 12.0 Å². The summed E-state index contributed by atoms with van der Waals surface area (Å²) in [5.74, 6) is -4.70. The summed E-state index contributed by atoms with van der Waals surface area (Å²) >= 11 is 0. The standard InChI is InChI=1S/C10H11NO5/c1-11-5-3-2-4(9(13)14)6(8(11)12)7(5)10(15)16/h2,5-7H,3H2,1H3,(H,13,14)(H,15,16)/t5-,6+,7-/m1/s1. The van der Waals surface area contributed by atoms with Crippen molar-refractivity contribution >= 4 is 17.8 Å². The molecule has 2 aliphatic rings. The van der Waals surface area contributed by atoms with Gasteiger partial charge in [0.25, 0.3) is 0 Å². The molecule has 0 aromatic rings. The highest BCUT2D eigenvalue weighted by molar-refractivity contribution is 6.01. The second-order valence-corrected chi connectivity index (χ2v) is 4.06. The summed E-state index contributed by atoms with van der Waals surface area (Å²) < 4.78 is 0. The van der Waals surface area contributed by atoms with Gasteiger partial charge >= 0.3 is 11.9 Å². The van der Waals surface area contributed by atoms with Gasteiger partial charge in [-0.1, -0.05) is 6.08 Å². The summed E-state index contributed by atoms with van der Waals surface area (Å²) in [6, 6.07) is -0.418. The molecule has 0 radical (unpaired) electrons. The fourth-order valence-corrected chi connectivity index (χ4v) is 2.53. The molecule has 0 aromatic carbocycles. The third-order valence-corrected chi connectivity index (χ3v) is 3.33. The van der Waals surface area contributed by atoms with Crippen LogP contribution in [-0.4, -0.2) is 46.0 Å². The quantitative estimate of drug-likeness (QED) is 0.664. The lowest BCUT2D eigenvalue weighted by molar-refractivity contribution is -0.145. The molecule has 3 atom stereocenters. The molecule has 86 valence electrons. The number of carboxylic acids is 2. The normalized spacial score (nSPS) is 32.6. The summed E-state index contributed by atoms with van der Waals surface area (Å²) in [4.78, 5) is 35.1. The van der Waals surface area contributed by atoms with Crippen LogP contribution in [0.4, 0.5) is 0 Å². The van der Waals surface area contributed by atoms with E-state index in [1.165, 1.54) is 18.0 Å². The number of fused-ring (bicyclic) bond motifs is 2. The predicted molar refractivity (Wildman–Crippen MR) is 51.5 cm³/mol. The van der Waals surface area contributed by atoms with Gasteiger partial charge in [0.15, 0.2) is 0 Å². The molecule has 0 spiro atoms. The van der Waals surface area contributed by atoms with E-state index >= 15 is 0 Å². The van der Waals surface area contributed by atoms with Gasteiger partial charge in [-0.05, 0) is 6.42 Å². The maximum absolute atomic E-state index is 11.8. The topological polar surface area (TPSA) is 94.9 Å². The van der Waals surface area contributed by atoms with Crippen molar-refractivity contribution in [1.29, 1.82) is 0 Å². The summed E-state index contributed by atoms with van der Waals surface area (Å²) in [7, 11) is 1.52. The first-order valence-corrected chi connectivity index (χ1v) is 4.88. The molecule has 0 saturated carbocycles. The monoisotopic (exact) mass is 225 g/mol. The number of amides is 1. The van der Waals surface area contributed by atoms with E-state index in [9.17, 15) is 14.4 Å². The number of carboxylic acid groups (broad SMARTS) is 2. The molecule has 0 aromatic heterocycles. The van der Waals surface area contributed by atoms with Crippen LogP contribution >= 0.6 is 0 Å². The van der Waals surface area contributed by atoms with Gasteiger partial charge < -0.3 is 15.1 Å². The van der Waals surface area contributed by atoms with Crippen LogP contribution in [0.2, 0.25) is 0 Å². The molecule has 1 amide bonds.